The smallest absolute Gasteiger partial charge is 0.224 e. The van der Waals surface area contributed by atoms with Crippen molar-refractivity contribution in [1.82, 2.24) is 10.6 Å². The average molecular weight is 291 g/mol. The molecular formula is C14H27ClN2O2. The van der Waals surface area contributed by atoms with Gasteiger partial charge in [-0.05, 0) is 32.2 Å². The lowest BCUT2D eigenvalue weighted by molar-refractivity contribution is -0.143. The van der Waals surface area contributed by atoms with Crippen LogP contribution in [0.25, 0.3) is 0 Å². The van der Waals surface area contributed by atoms with Crippen LogP contribution in [-0.2, 0) is 9.53 Å². The van der Waals surface area contributed by atoms with Gasteiger partial charge in [-0.1, -0.05) is 13.8 Å². The standard InChI is InChI=1S/C14H26N2O2.ClH/c1-4-14(5-2)11(8-12(14)18-3)16-13(17)10-6-7-15-9-10;/h10-12,15H,4-9H2,1-3H3,(H,16,17);1H. The van der Waals surface area contributed by atoms with Crippen molar-refractivity contribution >= 4 is 18.3 Å². The molecule has 1 aliphatic carbocycles. The Labute approximate surface area is 122 Å². The van der Waals surface area contributed by atoms with Crippen molar-refractivity contribution in [2.24, 2.45) is 11.3 Å². The summed E-state index contributed by atoms with van der Waals surface area (Å²) in [5, 5.41) is 6.50. The minimum atomic E-state index is 0. The average Bonchev–Trinajstić information content (AvgIpc) is 2.89. The number of halogens is 1. The molecule has 0 aromatic rings. The van der Waals surface area contributed by atoms with Crippen LogP contribution in [0.2, 0.25) is 0 Å². The number of amides is 1. The lowest BCUT2D eigenvalue weighted by Crippen LogP contribution is -2.64. The second kappa shape index (κ2) is 6.91. The van der Waals surface area contributed by atoms with E-state index in [0.717, 1.165) is 38.8 Å². The first-order chi connectivity index (χ1) is 8.67. The molecule has 0 aromatic heterocycles. The highest BCUT2D eigenvalue weighted by Gasteiger charge is 2.53. The molecule has 5 heteroatoms. The predicted octanol–water partition coefficient (Wildman–Crippen LogP) is 1.73. The normalized spacial score (nSPS) is 32.3. The van der Waals surface area contributed by atoms with Crippen LogP contribution in [0.1, 0.15) is 39.5 Å². The van der Waals surface area contributed by atoms with Gasteiger partial charge in [0.05, 0.1) is 12.0 Å². The topological polar surface area (TPSA) is 50.4 Å². The molecule has 3 atom stereocenters. The maximum absolute atomic E-state index is 12.2. The van der Waals surface area contributed by atoms with Gasteiger partial charge in [0.15, 0.2) is 0 Å². The van der Waals surface area contributed by atoms with Crippen molar-refractivity contribution in [3.63, 3.8) is 0 Å². The maximum atomic E-state index is 12.2. The van der Waals surface area contributed by atoms with Crippen LogP contribution in [0.3, 0.4) is 0 Å². The molecule has 1 amide bonds. The minimum absolute atomic E-state index is 0. The van der Waals surface area contributed by atoms with Crippen molar-refractivity contribution in [2.45, 2.75) is 51.7 Å². The van der Waals surface area contributed by atoms with Crippen LogP contribution < -0.4 is 10.6 Å². The SMILES string of the molecule is CCC1(CC)C(NC(=O)C2CCNC2)CC1OC.Cl. The fraction of sp³-hybridized carbons (Fsp3) is 0.929. The third-order valence-electron chi connectivity index (χ3n) is 5.13. The summed E-state index contributed by atoms with van der Waals surface area (Å²) in [4.78, 5) is 12.2. The molecular weight excluding hydrogens is 264 g/mol. The van der Waals surface area contributed by atoms with Crippen LogP contribution >= 0.6 is 12.4 Å². The molecule has 2 fully saturated rings. The summed E-state index contributed by atoms with van der Waals surface area (Å²) < 4.78 is 5.56. The monoisotopic (exact) mass is 290 g/mol. The summed E-state index contributed by atoms with van der Waals surface area (Å²) in [5.41, 5.74) is 0.149. The Morgan fingerprint density at radius 1 is 1.42 bits per heavy atom. The van der Waals surface area contributed by atoms with Crippen molar-refractivity contribution in [2.75, 3.05) is 20.2 Å². The molecule has 2 rings (SSSR count). The van der Waals surface area contributed by atoms with E-state index in [-0.39, 0.29) is 29.6 Å². The summed E-state index contributed by atoms with van der Waals surface area (Å²) in [7, 11) is 1.78. The molecule has 2 N–H and O–H groups in total. The summed E-state index contributed by atoms with van der Waals surface area (Å²) in [6.07, 6.45) is 4.37. The molecule has 0 spiro atoms. The number of hydrogen-bond acceptors (Lipinski definition) is 3. The first-order valence-electron chi connectivity index (χ1n) is 7.21. The van der Waals surface area contributed by atoms with Gasteiger partial charge in [0, 0.05) is 25.1 Å². The van der Waals surface area contributed by atoms with E-state index in [1.807, 2.05) is 0 Å². The number of carbonyl (C=O) groups is 1. The van der Waals surface area contributed by atoms with Crippen molar-refractivity contribution in [1.29, 1.82) is 0 Å². The van der Waals surface area contributed by atoms with E-state index in [1.165, 1.54) is 0 Å². The molecule has 1 saturated carbocycles. The highest BCUT2D eigenvalue weighted by atomic mass is 35.5. The number of ether oxygens (including phenoxy) is 1. The molecule has 0 radical (unpaired) electrons. The summed E-state index contributed by atoms with van der Waals surface area (Å²) in [6.45, 7) is 6.20. The van der Waals surface area contributed by atoms with Crippen molar-refractivity contribution in [3.05, 3.63) is 0 Å². The summed E-state index contributed by atoms with van der Waals surface area (Å²) >= 11 is 0. The Balaban J connectivity index is 0.00000180. The number of nitrogens with one attached hydrogen (secondary N) is 2. The molecule has 19 heavy (non-hydrogen) atoms. The fourth-order valence-corrected chi connectivity index (χ4v) is 3.65. The van der Waals surface area contributed by atoms with Gasteiger partial charge in [0.1, 0.15) is 0 Å². The first kappa shape index (κ1) is 16.7. The summed E-state index contributed by atoms with van der Waals surface area (Å²) in [6, 6.07) is 0.297. The lowest BCUT2D eigenvalue weighted by Gasteiger charge is -2.55. The third kappa shape index (κ3) is 2.91. The Kier molecular flexibility index (Phi) is 6.09. The number of hydrogen-bond donors (Lipinski definition) is 2. The van der Waals surface area contributed by atoms with Crippen LogP contribution in [0.4, 0.5) is 0 Å². The molecule has 0 aromatic carbocycles. The zero-order chi connectivity index (χ0) is 13.2. The van der Waals surface area contributed by atoms with Gasteiger partial charge in [-0.3, -0.25) is 4.79 Å². The summed E-state index contributed by atoms with van der Waals surface area (Å²) in [5.74, 6) is 0.392. The zero-order valence-corrected chi connectivity index (χ0v) is 13.0. The molecule has 4 nitrogen and oxygen atoms in total. The third-order valence-corrected chi connectivity index (χ3v) is 5.13. The second-order valence-electron chi connectivity index (χ2n) is 5.65. The maximum Gasteiger partial charge on any atom is 0.224 e. The second-order valence-corrected chi connectivity index (χ2v) is 5.65. The van der Waals surface area contributed by atoms with Crippen LogP contribution in [-0.4, -0.2) is 38.3 Å². The molecule has 1 heterocycles. The number of methoxy groups -OCH3 is 1. The Morgan fingerprint density at radius 3 is 2.58 bits per heavy atom. The molecule has 3 unspecified atom stereocenters. The first-order valence-corrected chi connectivity index (χ1v) is 7.21. The van der Waals surface area contributed by atoms with E-state index in [2.05, 4.69) is 24.5 Å². The van der Waals surface area contributed by atoms with Gasteiger partial charge >= 0.3 is 0 Å². The largest absolute Gasteiger partial charge is 0.381 e. The number of carbonyl (C=O) groups excluding carboxylic acids is 1. The lowest BCUT2D eigenvalue weighted by atomic mass is 9.58. The minimum Gasteiger partial charge on any atom is -0.381 e. The number of rotatable bonds is 5. The van der Waals surface area contributed by atoms with E-state index in [1.54, 1.807) is 7.11 Å². The van der Waals surface area contributed by atoms with E-state index in [0.29, 0.717) is 12.1 Å². The molecule has 1 saturated heterocycles. The predicted molar refractivity (Wildman–Crippen MR) is 78.6 cm³/mol. The highest BCUT2D eigenvalue weighted by molar-refractivity contribution is 5.85. The van der Waals surface area contributed by atoms with Crippen molar-refractivity contribution < 1.29 is 9.53 Å². The molecule has 1 aliphatic heterocycles. The molecule has 2 aliphatic rings. The van der Waals surface area contributed by atoms with Gasteiger partial charge < -0.3 is 15.4 Å². The van der Waals surface area contributed by atoms with E-state index in [4.69, 9.17) is 4.74 Å². The van der Waals surface area contributed by atoms with Crippen molar-refractivity contribution in [3.8, 4) is 0 Å². The molecule has 0 bridgehead atoms. The highest BCUT2D eigenvalue weighted by Crippen LogP contribution is 2.48. The molecule has 112 valence electrons. The van der Waals surface area contributed by atoms with Gasteiger partial charge in [-0.25, -0.2) is 0 Å². The van der Waals surface area contributed by atoms with Crippen LogP contribution in [0.5, 0.6) is 0 Å². The van der Waals surface area contributed by atoms with Gasteiger partial charge in [0.2, 0.25) is 5.91 Å². The van der Waals surface area contributed by atoms with Crippen LogP contribution in [0, 0.1) is 11.3 Å². The Morgan fingerprint density at radius 2 is 2.11 bits per heavy atom. The van der Waals surface area contributed by atoms with Crippen LogP contribution in [0.15, 0.2) is 0 Å². The van der Waals surface area contributed by atoms with E-state index >= 15 is 0 Å². The van der Waals surface area contributed by atoms with Gasteiger partial charge in [-0.15, -0.1) is 12.4 Å². The quantitative estimate of drug-likeness (QED) is 0.811. The van der Waals surface area contributed by atoms with E-state index in [9.17, 15) is 4.79 Å². The van der Waals surface area contributed by atoms with Gasteiger partial charge in [0.25, 0.3) is 0 Å². The van der Waals surface area contributed by atoms with E-state index < -0.39 is 0 Å². The zero-order valence-electron chi connectivity index (χ0n) is 12.2. The Hall–Kier alpha value is -0.320. The fourth-order valence-electron chi connectivity index (χ4n) is 3.65. The van der Waals surface area contributed by atoms with Gasteiger partial charge in [-0.2, -0.15) is 0 Å². The Bertz CT molecular complexity index is 302.